The van der Waals surface area contributed by atoms with E-state index >= 15 is 0 Å². The highest BCUT2D eigenvalue weighted by atomic mass is 16.5. The van der Waals surface area contributed by atoms with Gasteiger partial charge in [-0.2, -0.15) is 0 Å². The molecule has 0 unspecified atom stereocenters. The third kappa shape index (κ3) is 4.54. The van der Waals surface area contributed by atoms with Gasteiger partial charge in [0.1, 0.15) is 12.0 Å². The first-order valence-electron chi connectivity index (χ1n) is 7.75. The Morgan fingerprint density at radius 1 is 1.35 bits per heavy atom. The van der Waals surface area contributed by atoms with E-state index in [1.165, 1.54) is 32.1 Å². The van der Waals surface area contributed by atoms with Crippen LogP contribution in [0.3, 0.4) is 0 Å². The molecule has 5 nitrogen and oxygen atoms in total. The molecule has 1 aromatic heterocycles. The van der Waals surface area contributed by atoms with Crippen molar-refractivity contribution in [1.29, 1.82) is 0 Å². The summed E-state index contributed by atoms with van der Waals surface area (Å²) in [5.41, 5.74) is 0.858. The highest BCUT2D eigenvalue weighted by Crippen LogP contribution is 2.26. The van der Waals surface area contributed by atoms with Gasteiger partial charge in [-0.15, -0.1) is 0 Å². The molecule has 0 saturated heterocycles. The third-order valence-corrected chi connectivity index (χ3v) is 4.00. The summed E-state index contributed by atoms with van der Waals surface area (Å²) in [7, 11) is 0. The van der Waals surface area contributed by atoms with Crippen molar-refractivity contribution in [3.63, 3.8) is 0 Å². The second-order valence-corrected chi connectivity index (χ2v) is 5.46. The van der Waals surface area contributed by atoms with E-state index in [9.17, 15) is 0 Å². The highest BCUT2D eigenvalue weighted by molar-refractivity contribution is 5.80. The van der Waals surface area contributed by atoms with Crippen molar-refractivity contribution in [2.45, 2.75) is 58.5 Å². The van der Waals surface area contributed by atoms with Crippen LogP contribution in [0.1, 0.15) is 51.6 Å². The van der Waals surface area contributed by atoms with Crippen molar-refractivity contribution in [1.82, 2.24) is 15.8 Å². The van der Waals surface area contributed by atoms with Crippen LogP contribution in [-0.2, 0) is 6.54 Å². The van der Waals surface area contributed by atoms with Crippen molar-refractivity contribution in [3.05, 3.63) is 18.0 Å². The molecule has 1 aliphatic rings. The standard InChI is InChI=1S/C15H26N4O/c1-3-12-5-7-13(8-6-12)18-15(16-4-2)17-11-14-9-10-20-19-14/h9-10,12-13H,3-8,11H2,1-2H3,(H2,16,17,18). The zero-order chi connectivity index (χ0) is 14.2. The summed E-state index contributed by atoms with van der Waals surface area (Å²) in [6.45, 7) is 5.80. The van der Waals surface area contributed by atoms with E-state index in [0.717, 1.165) is 24.1 Å². The quantitative estimate of drug-likeness (QED) is 0.642. The van der Waals surface area contributed by atoms with Crippen LogP contribution in [0.2, 0.25) is 0 Å². The van der Waals surface area contributed by atoms with Crippen LogP contribution in [0, 0.1) is 5.92 Å². The first kappa shape index (κ1) is 14.9. The molecular formula is C15H26N4O. The number of guanidine groups is 1. The maximum absolute atomic E-state index is 4.82. The zero-order valence-electron chi connectivity index (χ0n) is 12.6. The lowest BCUT2D eigenvalue weighted by Gasteiger charge is -2.29. The molecule has 0 aromatic carbocycles. The molecule has 1 fully saturated rings. The van der Waals surface area contributed by atoms with Gasteiger partial charge in [0.2, 0.25) is 0 Å². The monoisotopic (exact) mass is 278 g/mol. The van der Waals surface area contributed by atoms with Crippen LogP contribution in [0.4, 0.5) is 0 Å². The van der Waals surface area contributed by atoms with Crippen LogP contribution in [0.25, 0.3) is 0 Å². The number of nitrogens with one attached hydrogen (secondary N) is 2. The second-order valence-electron chi connectivity index (χ2n) is 5.46. The van der Waals surface area contributed by atoms with E-state index in [2.05, 4.69) is 34.6 Å². The van der Waals surface area contributed by atoms with E-state index in [0.29, 0.717) is 12.6 Å². The first-order valence-corrected chi connectivity index (χ1v) is 7.75. The Labute approximate surface area is 121 Å². The predicted octanol–water partition coefficient (Wildman–Crippen LogP) is 2.70. The topological polar surface area (TPSA) is 62.5 Å². The molecular weight excluding hydrogens is 252 g/mol. The number of aromatic nitrogens is 1. The third-order valence-electron chi connectivity index (χ3n) is 4.00. The SMILES string of the molecule is CCNC(=NCc1ccon1)NC1CCC(CC)CC1. The van der Waals surface area contributed by atoms with E-state index in [1.807, 2.05) is 6.07 Å². The van der Waals surface area contributed by atoms with Crippen LogP contribution in [0.15, 0.2) is 21.8 Å². The molecule has 1 saturated carbocycles. The Morgan fingerprint density at radius 3 is 2.75 bits per heavy atom. The van der Waals surface area contributed by atoms with Gasteiger partial charge in [0.05, 0.1) is 6.54 Å². The largest absolute Gasteiger partial charge is 0.364 e. The van der Waals surface area contributed by atoms with Gasteiger partial charge < -0.3 is 15.2 Å². The summed E-state index contributed by atoms with van der Waals surface area (Å²) in [4.78, 5) is 4.56. The molecule has 0 aliphatic heterocycles. The lowest BCUT2D eigenvalue weighted by Crippen LogP contribution is -2.44. The van der Waals surface area contributed by atoms with E-state index in [4.69, 9.17) is 4.52 Å². The molecule has 1 heterocycles. The minimum absolute atomic E-state index is 0.549. The fourth-order valence-electron chi connectivity index (χ4n) is 2.71. The number of hydrogen-bond acceptors (Lipinski definition) is 3. The van der Waals surface area contributed by atoms with Crippen molar-refractivity contribution in [2.75, 3.05) is 6.54 Å². The van der Waals surface area contributed by atoms with Gasteiger partial charge in [0.25, 0.3) is 0 Å². The molecule has 0 bridgehead atoms. The van der Waals surface area contributed by atoms with Gasteiger partial charge in [-0.25, -0.2) is 4.99 Å². The molecule has 2 rings (SSSR count). The predicted molar refractivity (Wildman–Crippen MR) is 80.5 cm³/mol. The summed E-state index contributed by atoms with van der Waals surface area (Å²) >= 11 is 0. The minimum atomic E-state index is 0.549. The van der Waals surface area contributed by atoms with Crippen LogP contribution in [0.5, 0.6) is 0 Å². The Morgan fingerprint density at radius 2 is 2.15 bits per heavy atom. The van der Waals surface area contributed by atoms with Crippen molar-refractivity contribution < 1.29 is 4.52 Å². The fourth-order valence-corrected chi connectivity index (χ4v) is 2.71. The average Bonchev–Trinajstić information content (AvgIpc) is 2.99. The maximum Gasteiger partial charge on any atom is 0.191 e. The van der Waals surface area contributed by atoms with Crippen molar-refractivity contribution >= 4 is 5.96 Å². The van der Waals surface area contributed by atoms with Gasteiger partial charge >= 0.3 is 0 Å². The van der Waals surface area contributed by atoms with Gasteiger partial charge in [-0.1, -0.05) is 18.5 Å². The Bertz CT molecular complexity index is 394. The number of nitrogens with zero attached hydrogens (tertiary/aromatic N) is 2. The zero-order valence-corrected chi connectivity index (χ0v) is 12.6. The molecule has 1 aromatic rings. The number of hydrogen-bond donors (Lipinski definition) is 2. The molecule has 20 heavy (non-hydrogen) atoms. The van der Waals surface area contributed by atoms with Crippen LogP contribution >= 0.6 is 0 Å². The second kappa shape index (κ2) is 7.92. The molecule has 0 amide bonds. The highest BCUT2D eigenvalue weighted by Gasteiger charge is 2.20. The maximum atomic E-state index is 4.82. The van der Waals surface area contributed by atoms with E-state index in [1.54, 1.807) is 6.26 Å². The molecule has 0 atom stereocenters. The van der Waals surface area contributed by atoms with Gasteiger partial charge in [-0.05, 0) is 38.5 Å². The fraction of sp³-hybridized carbons (Fsp3) is 0.733. The molecule has 112 valence electrons. The molecule has 0 spiro atoms. The summed E-state index contributed by atoms with van der Waals surface area (Å²) in [6.07, 6.45) is 8.04. The lowest BCUT2D eigenvalue weighted by molar-refractivity contribution is 0.304. The molecule has 1 aliphatic carbocycles. The number of rotatable bonds is 5. The Hall–Kier alpha value is -1.52. The normalized spacial score (nSPS) is 23.6. The number of aliphatic imine (C=N–C) groups is 1. The van der Waals surface area contributed by atoms with Gasteiger partial charge in [0, 0.05) is 18.7 Å². The van der Waals surface area contributed by atoms with Crippen LogP contribution < -0.4 is 10.6 Å². The van der Waals surface area contributed by atoms with Gasteiger partial charge in [-0.3, -0.25) is 0 Å². The molecule has 2 N–H and O–H groups in total. The Balaban J connectivity index is 1.84. The van der Waals surface area contributed by atoms with E-state index in [-0.39, 0.29) is 0 Å². The average molecular weight is 278 g/mol. The van der Waals surface area contributed by atoms with E-state index < -0.39 is 0 Å². The summed E-state index contributed by atoms with van der Waals surface area (Å²) in [5, 5.41) is 10.7. The molecule has 5 heteroatoms. The minimum Gasteiger partial charge on any atom is -0.364 e. The lowest BCUT2D eigenvalue weighted by atomic mass is 9.84. The smallest absolute Gasteiger partial charge is 0.191 e. The molecule has 0 radical (unpaired) electrons. The Kier molecular flexibility index (Phi) is 5.89. The summed E-state index contributed by atoms with van der Waals surface area (Å²) in [6, 6.07) is 2.40. The van der Waals surface area contributed by atoms with Crippen molar-refractivity contribution in [3.8, 4) is 0 Å². The summed E-state index contributed by atoms with van der Waals surface area (Å²) in [5.74, 6) is 1.80. The van der Waals surface area contributed by atoms with Crippen LogP contribution in [-0.4, -0.2) is 23.7 Å². The first-order chi connectivity index (χ1) is 9.81. The summed E-state index contributed by atoms with van der Waals surface area (Å²) < 4.78 is 4.82. The van der Waals surface area contributed by atoms with Crippen molar-refractivity contribution in [2.24, 2.45) is 10.9 Å². The van der Waals surface area contributed by atoms with Gasteiger partial charge in [0.15, 0.2) is 5.96 Å².